The Morgan fingerprint density at radius 3 is 1.05 bits per heavy atom. The summed E-state index contributed by atoms with van der Waals surface area (Å²) < 4.78 is 45.4. The van der Waals surface area contributed by atoms with Crippen LogP contribution in [-0.2, 0) is 23.7 Å². The van der Waals surface area contributed by atoms with Crippen LogP contribution in [0.2, 0.25) is 0 Å². The van der Waals surface area contributed by atoms with Crippen molar-refractivity contribution in [2.24, 2.45) is 10.2 Å². The molecule has 11 heteroatoms. The Labute approximate surface area is 352 Å². The molecule has 0 spiro atoms. The molecule has 0 N–H and O–H groups in total. The number of unbranched alkanes of at least 4 members (excludes halogenated alkanes) is 7. The van der Waals surface area contributed by atoms with Crippen molar-refractivity contribution in [3.05, 3.63) is 103 Å². The van der Waals surface area contributed by atoms with Crippen LogP contribution < -0.4 is 14.2 Å². The maximum absolute atomic E-state index is 5.96. The summed E-state index contributed by atoms with van der Waals surface area (Å²) in [6.45, 7) is 8.71. The van der Waals surface area contributed by atoms with Crippen molar-refractivity contribution in [3.8, 4) is 28.4 Å². The molecule has 316 valence electrons. The zero-order valence-electron chi connectivity index (χ0n) is 34.4. The molecule has 0 saturated heterocycles. The summed E-state index contributed by atoms with van der Waals surface area (Å²) in [4.78, 5) is 0. The van der Waals surface area contributed by atoms with E-state index in [-0.39, 0.29) is 0 Å². The highest BCUT2D eigenvalue weighted by molar-refractivity contribution is 7.80. The van der Waals surface area contributed by atoms with Gasteiger partial charge in [0.1, 0.15) is 30.5 Å². The monoisotopic (exact) mass is 816 g/mol. The molecule has 0 aromatic heterocycles. The third-order valence-electron chi connectivity index (χ3n) is 9.00. The fraction of sp³-hybridized carbons (Fsp3) is 0.489. The predicted molar refractivity (Wildman–Crippen MR) is 235 cm³/mol. The van der Waals surface area contributed by atoms with E-state index in [1.807, 2.05) is 67.6 Å². The highest BCUT2D eigenvalue weighted by atomic mass is 32.1. The average molecular weight is 817 g/mol. The molecule has 0 amide bonds. The summed E-state index contributed by atoms with van der Waals surface area (Å²) in [5.41, 5.74) is 5.07. The first kappa shape index (κ1) is 46.7. The molecule has 0 bridgehead atoms. The van der Waals surface area contributed by atoms with Gasteiger partial charge in [-0.15, -0.1) is 0 Å². The van der Waals surface area contributed by atoms with Gasteiger partial charge in [-0.2, -0.15) is 22.9 Å². The van der Waals surface area contributed by atoms with Crippen LogP contribution in [0, 0.1) is 6.92 Å². The zero-order valence-corrected chi connectivity index (χ0v) is 35.3. The van der Waals surface area contributed by atoms with Crippen molar-refractivity contribution in [2.45, 2.75) is 58.3 Å². The van der Waals surface area contributed by atoms with Crippen molar-refractivity contribution < 1.29 is 37.9 Å². The van der Waals surface area contributed by atoms with Gasteiger partial charge >= 0.3 is 0 Å². The van der Waals surface area contributed by atoms with Crippen LogP contribution in [-0.4, -0.2) is 91.6 Å². The molecular formula is C47H64N2O8S. The Bertz CT molecular complexity index is 1610. The van der Waals surface area contributed by atoms with Gasteiger partial charge in [0.15, 0.2) is 0 Å². The first-order chi connectivity index (χ1) is 28.7. The van der Waals surface area contributed by atoms with Gasteiger partial charge in [0.2, 0.25) is 0 Å². The van der Waals surface area contributed by atoms with E-state index in [2.05, 4.69) is 59.3 Å². The van der Waals surface area contributed by atoms with Gasteiger partial charge < -0.3 is 37.9 Å². The second-order valence-electron chi connectivity index (χ2n) is 13.7. The third-order valence-corrected chi connectivity index (χ3v) is 9.31. The van der Waals surface area contributed by atoms with E-state index in [0.29, 0.717) is 79.3 Å². The maximum Gasteiger partial charge on any atom is 0.119 e. The normalized spacial score (nSPS) is 11.3. The van der Waals surface area contributed by atoms with Crippen molar-refractivity contribution in [2.75, 3.05) is 91.6 Å². The molecule has 0 radical (unpaired) electrons. The van der Waals surface area contributed by atoms with E-state index in [0.717, 1.165) is 58.5 Å². The van der Waals surface area contributed by atoms with Crippen LogP contribution in [0.25, 0.3) is 11.1 Å². The highest BCUT2D eigenvalue weighted by Gasteiger charge is 2.02. The number of rotatable bonds is 34. The Morgan fingerprint density at radius 1 is 0.345 bits per heavy atom. The molecular weight excluding hydrogens is 753 g/mol. The largest absolute Gasteiger partial charge is 0.494 e. The molecule has 4 rings (SSSR count). The molecule has 4 aromatic rings. The van der Waals surface area contributed by atoms with Crippen LogP contribution in [0.1, 0.15) is 56.9 Å². The zero-order chi connectivity index (χ0) is 40.6. The lowest BCUT2D eigenvalue weighted by Crippen LogP contribution is -2.15. The van der Waals surface area contributed by atoms with E-state index >= 15 is 0 Å². The number of benzene rings is 4. The fourth-order valence-corrected chi connectivity index (χ4v) is 5.93. The van der Waals surface area contributed by atoms with Gasteiger partial charge in [0.25, 0.3) is 0 Å². The van der Waals surface area contributed by atoms with Crippen molar-refractivity contribution >= 4 is 24.0 Å². The Hall–Kier alpha value is -3.97. The topological polar surface area (TPSA) is 98.6 Å². The van der Waals surface area contributed by atoms with Crippen LogP contribution in [0.15, 0.2) is 107 Å². The molecule has 10 nitrogen and oxygen atoms in total. The summed E-state index contributed by atoms with van der Waals surface area (Å²) >= 11 is 4.28. The fourth-order valence-electron chi connectivity index (χ4n) is 5.71. The van der Waals surface area contributed by atoms with E-state index in [4.69, 9.17) is 37.9 Å². The van der Waals surface area contributed by atoms with Gasteiger partial charge in [-0.25, -0.2) is 0 Å². The standard InChI is InChI=1S/C47H64N2O8S/c1-40-10-16-43(17-11-40)48-49-44-18-24-47(25-19-44)57-38-36-54-34-32-52-30-28-50-27-29-51-31-33-53-35-37-56-46-22-14-42(15-23-46)41-12-20-45(21-13-41)55-26-8-6-4-2-3-5-7-9-39-58/h10-25,58H,2-9,26-39H2,1H3. The van der Waals surface area contributed by atoms with Gasteiger partial charge in [-0.3, -0.25) is 0 Å². The summed E-state index contributed by atoms with van der Waals surface area (Å²) in [5, 5.41) is 8.52. The van der Waals surface area contributed by atoms with E-state index < -0.39 is 0 Å². The van der Waals surface area contributed by atoms with Crippen molar-refractivity contribution in [3.63, 3.8) is 0 Å². The molecule has 0 unspecified atom stereocenters. The van der Waals surface area contributed by atoms with E-state index in [1.165, 1.54) is 50.5 Å². The van der Waals surface area contributed by atoms with Crippen LogP contribution in [0.5, 0.6) is 17.2 Å². The minimum Gasteiger partial charge on any atom is -0.494 e. The van der Waals surface area contributed by atoms with Crippen molar-refractivity contribution in [1.82, 2.24) is 0 Å². The first-order valence-corrected chi connectivity index (χ1v) is 21.5. The number of hydrogen-bond acceptors (Lipinski definition) is 11. The lowest BCUT2D eigenvalue weighted by molar-refractivity contribution is -0.0141. The van der Waals surface area contributed by atoms with Gasteiger partial charge in [0, 0.05) is 0 Å². The first-order valence-electron chi connectivity index (χ1n) is 20.9. The Balaban J connectivity index is 0.875. The van der Waals surface area contributed by atoms with E-state index in [9.17, 15) is 0 Å². The van der Waals surface area contributed by atoms with Crippen LogP contribution in [0.4, 0.5) is 11.4 Å². The lowest BCUT2D eigenvalue weighted by Gasteiger charge is -2.10. The minimum absolute atomic E-state index is 0.451. The van der Waals surface area contributed by atoms with Crippen LogP contribution in [0.3, 0.4) is 0 Å². The molecule has 0 aliphatic rings. The average Bonchev–Trinajstić information content (AvgIpc) is 3.26. The third kappa shape index (κ3) is 21.7. The summed E-state index contributed by atoms with van der Waals surface area (Å²) in [6.07, 6.45) is 10.2. The number of ether oxygens (including phenoxy) is 8. The van der Waals surface area contributed by atoms with Crippen molar-refractivity contribution in [1.29, 1.82) is 0 Å². The molecule has 0 saturated carbocycles. The maximum atomic E-state index is 5.96. The SMILES string of the molecule is Cc1ccc(N=Nc2ccc(OCCOCCOCCOCCOCCOCCOc3ccc(-c4ccc(OCCCCCCCCCCS)cc4)cc3)cc2)cc1. The minimum atomic E-state index is 0.451. The quantitative estimate of drug-likeness (QED) is 0.0283. The number of nitrogens with zero attached hydrogens (tertiary/aromatic N) is 2. The lowest BCUT2D eigenvalue weighted by atomic mass is 10.1. The predicted octanol–water partition coefficient (Wildman–Crippen LogP) is 11.0. The Morgan fingerprint density at radius 2 is 0.655 bits per heavy atom. The highest BCUT2D eigenvalue weighted by Crippen LogP contribution is 2.25. The van der Waals surface area contributed by atoms with Gasteiger partial charge in [0.05, 0.1) is 84.1 Å². The molecule has 0 aliphatic heterocycles. The second-order valence-corrected chi connectivity index (χ2v) is 14.2. The molecule has 4 aromatic carbocycles. The summed E-state index contributed by atoms with van der Waals surface area (Å²) in [6, 6.07) is 31.9. The molecule has 0 aliphatic carbocycles. The second kappa shape index (κ2) is 31.0. The smallest absolute Gasteiger partial charge is 0.119 e. The van der Waals surface area contributed by atoms with Crippen LogP contribution >= 0.6 is 12.6 Å². The number of hydrogen-bond donors (Lipinski definition) is 1. The number of aryl methyl sites for hydroxylation is 1. The molecule has 0 atom stereocenters. The van der Waals surface area contributed by atoms with E-state index in [1.54, 1.807) is 0 Å². The summed E-state index contributed by atoms with van der Waals surface area (Å²) in [7, 11) is 0. The Kier molecular flexibility index (Phi) is 25.0. The molecule has 0 fully saturated rings. The summed E-state index contributed by atoms with van der Waals surface area (Å²) in [5.74, 6) is 3.51. The molecule has 0 heterocycles. The molecule has 58 heavy (non-hydrogen) atoms. The number of thiol groups is 1. The number of azo groups is 1. The van der Waals surface area contributed by atoms with Gasteiger partial charge in [-0.1, -0.05) is 80.5 Å². The van der Waals surface area contributed by atoms with Gasteiger partial charge in [-0.05, 0) is 97.3 Å².